The molecular formula is C16H23NO4. The number of nitrogens with one attached hydrogen (secondary N) is 1. The highest BCUT2D eigenvalue weighted by Crippen LogP contribution is 2.11. The second kappa shape index (κ2) is 7.11. The van der Waals surface area contributed by atoms with E-state index in [9.17, 15) is 9.59 Å². The zero-order valence-electron chi connectivity index (χ0n) is 13.2. The number of rotatable bonds is 5. The summed E-state index contributed by atoms with van der Waals surface area (Å²) in [6.45, 7) is 8.74. The van der Waals surface area contributed by atoms with Gasteiger partial charge in [0, 0.05) is 0 Å². The first-order valence-electron chi connectivity index (χ1n) is 6.89. The van der Waals surface area contributed by atoms with Crippen LogP contribution in [0.1, 0.15) is 33.3 Å². The van der Waals surface area contributed by atoms with Crippen LogP contribution in [0.5, 0.6) is 5.75 Å². The molecule has 116 valence electrons. The molecule has 0 saturated carbocycles. The molecule has 0 fully saturated rings. The van der Waals surface area contributed by atoms with E-state index in [0.717, 1.165) is 5.56 Å². The van der Waals surface area contributed by atoms with Gasteiger partial charge in [0.2, 0.25) is 0 Å². The van der Waals surface area contributed by atoms with Crippen LogP contribution < -0.4 is 10.1 Å². The number of carbonyl (C=O) groups excluding carboxylic acids is 2. The fourth-order valence-electron chi connectivity index (χ4n) is 1.52. The molecule has 0 aliphatic carbocycles. The summed E-state index contributed by atoms with van der Waals surface area (Å²) >= 11 is 0. The first kappa shape index (κ1) is 17.0. The minimum atomic E-state index is -0.710. The normalized spacial score (nSPS) is 12.4. The van der Waals surface area contributed by atoms with Crippen LogP contribution >= 0.6 is 0 Å². The Hall–Kier alpha value is -2.04. The van der Waals surface area contributed by atoms with Crippen LogP contribution in [0, 0.1) is 6.92 Å². The molecule has 0 bridgehead atoms. The van der Waals surface area contributed by atoms with Gasteiger partial charge < -0.3 is 14.8 Å². The summed E-state index contributed by atoms with van der Waals surface area (Å²) in [5.41, 5.74) is 0.541. The number of hydrogen-bond donors (Lipinski definition) is 1. The van der Waals surface area contributed by atoms with E-state index in [1.165, 1.54) is 0 Å². The highest BCUT2D eigenvalue weighted by molar-refractivity contribution is 5.85. The maximum Gasteiger partial charge on any atom is 0.328 e. The number of carbonyl (C=O) groups is 2. The summed E-state index contributed by atoms with van der Waals surface area (Å²) in [7, 11) is 0. The van der Waals surface area contributed by atoms with Gasteiger partial charge in [-0.3, -0.25) is 4.79 Å². The summed E-state index contributed by atoms with van der Waals surface area (Å²) in [5.74, 6) is -0.221. The van der Waals surface area contributed by atoms with Crippen LogP contribution in [0.2, 0.25) is 0 Å². The Bertz CT molecular complexity index is 488. The molecule has 5 heteroatoms. The van der Waals surface area contributed by atoms with Crippen molar-refractivity contribution in [3.63, 3.8) is 0 Å². The number of hydrogen-bond acceptors (Lipinski definition) is 4. The summed E-state index contributed by atoms with van der Waals surface area (Å²) < 4.78 is 10.5. The number of amides is 1. The Morgan fingerprint density at radius 3 is 2.29 bits per heavy atom. The van der Waals surface area contributed by atoms with Crippen LogP contribution in [-0.4, -0.2) is 30.1 Å². The lowest BCUT2D eigenvalue weighted by atomic mass is 10.2. The van der Waals surface area contributed by atoms with Crippen LogP contribution in [0.15, 0.2) is 24.3 Å². The monoisotopic (exact) mass is 293 g/mol. The van der Waals surface area contributed by atoms with E-state index in [2.05, 4.69) is 5.32 Å². The molecule has 0 unspecified atom stereocenters. The van der Waals surface area contributed by atoms with E-state index >= 15 is 0 Å². The van der Waals surface area contributed by atoms with Gasteiger partial charge in [0.1, 0.15) is 17.4 Å². The summed E-state index contributed by atoms with van der Waals surface area (Å²) in [5, 5.41) is 2.55. The predicted octanol–water partition coefficient (Wildman–Crippen LogP) is 2.22. The van der Waals surface area contributed by atoms with E-state index in [-0.39, 0.29) is 12.5 Å². The van der Waals surface area contributed by atoms with Crippen LogP contribution in [0.3, 0.4) is 0 Å². The van der Waals surface area contributed by atoms with Gasteiger partial charge in [-0.1, -0.05) is 17.7 Å². The van der Waals surface area contributed by atoms with Crippen LogP contribution in [0.25, 0.3) is 0 Å². The predicted molar refractivity (Wildman–Crippen MR) is 80.1 cm³/mol. The maximum absolute atomic E-state index is 11.7. The molecule has 0 spiro atoms. The first-order valence-corrected chi connectivity index (χ1v) is 6.89. The quantitative estimate of drug-likeness (QED) is 0.845. The summed E-state index contributed by atoms with van der Waals surface area (Å²) in [4.78, 5) is 23.4. The average Bonchev–Trinajstić information content (AvgIpc) is 2.36. The van der Waals surface area contributed by atoms with E-state index in [1.807, 2.05) is 19.1 Å². The third-order valence-corrected chi connectivity index (χ3v) is 2.53. The van der Waals surface area contributed by atoms with Gasteiger partial charge in [-0.2, -0.15) is 0 Å². The topological polar surface area (TPSA) is 64.6 Å². The van der Waals surface area contributed by atoms with Crippen molar-refractivity contribution in [1.29, 1.82) is 0 Å². The molecule has 1 aromatic rings. The van der Waals surface area contributed by atoms with Crippen LogP contribution in [-0.2, 0) is 14.3 Å². The zero-order valence-corrected chi connectivity index (χ0v) is 13.2. The molecule has 0 radical (unpaired) electrons. The largest absolute Gasteiger partial charge is 0.484 e. The number of ether oxygens (including phenoxy) is 2. The van der Waals surface area contributed by atoms with Crippen molar-refractivity contribution in [2.75, 3.05) is 6.61 Å². The van der Waals surface area contributed by atoms with Gasteiger partial charge >= 0.3 is 5.97 Å². The standard InChI is InChI=1S/C16H23NO4/c1-11-6-8-13(9-7-11)20-10-14(18)17-12(2)15(19)21-16(3,4)5/h6-9,12H,10H2,1-5H3,(H,17,18)/t12-/m1/s1. The summed E-state index contributed by atoms with van der Waals surface area (Å²) in [6, 6.07) is 6.67. The lowest BCUT2D eigenvalue weighted by Crippen LogP contribution is -2.43. The molecule has 1 amide bonds. The molecule has 0 aliphatic rings. The first-order chi connectivity index (χ1) is 9.67. The van der Waals surface area contributed by atoms with Crippen LogP contribution in [0.4, 0.5) is 0 Å². The minimum absolute atomic E-state index is 0.143. The number of benzene rings is 1. The molecule has 1 rings (SSSR count). The fraction of sp³-hybridized carbons (Fsp3) is 0.500. The summed E-state index contributed by atoms with van der Waals surface area (Å²) in [6.07, 6.45) is 0. The fourth-order valence-corrected chi connectivity index (χ4v) is 1.52. The molecule has 0 aromatic heterocycles. The van der Waals surface area contributed by atoms with Crippen molar-refractivity contribution >= 4 is 11.9 Å². The lowest BCUT2D eigenvalue weighted by Gasteiger charge is -2.22. The SMILES string of the molecule is Cc1ccc(OCC(=O)N[C@H](C)C(=O)OC(C)(C)C)cc1. The van der Waals surface area contributed by atoms with Crippen molar-refractivity contribution in [2.24, 2.45) is 0 Å². The Labute approximate surface area is 125 Å². The molecule has 0 heterocycles. The highest BCUT2D eigenvalue weighted by Gasteiger charge is 2.22. The van der Waals surface area contributed by atoms with Crippen molar-refractivity contribution < 1.29 is 19.1 Å². The second-order valence-corrected chi connectivity index (χ2v) is 5.92. The van der Waals surface area contributed by atoms with Crippen molar-refractivity contribution in [2.45, 2.75) is 46.3 Å². The molecule has 1 N–H and O–H groups in total. The second-order valence-electron chi connectivity index (χ2n) is 5.92. The van der Waals surface area contributed by atoms with Gasteiger partial charge in [0.15, 0.2) is 6.61 Å². The van der Waals surface area contributed by atoms with Crippen molar-refractivity contribution in [1.82, 2.24) is 5.32 Å². The van der Waals surface area contributed by atoms with Gasteiger partial charge in [-0.05, 0) is 46.8 Å². The molecular weight excluding hydrogens is 270 g/mol. The van der Waals surface area contributed by atoms with Gasteiger partial charge in [0.05, 0.1) is 0 Å². The Kier molecular flexibility index (Phi) is 5.76. The smallest absolute Gasteiger partial charge is 0.328 e. The van der Waals surface area contributed by atoms with E-state index in [0.29, 0.717) is 5.75 Å². The number of esters is 1. The number of aryl methyl sites for hydroxylation is 1. The third-order valence-electron chi connectivity index (χ3n) is 2.53. The molecule has 1 aromatic carbocycles. The third kappa shape index (κ3) is 6.79. The van der Waals surface area contributed by atoms with E-state index in [4.69, 9.17) is 9.47 Å². The Morgan fingerprint density at radius 2 is 1.76 bits per heavy atom. The van der Waals surface area contributed by atoms with Gasteiger partial charge in [-0.25, -0.2) is 4.79 Å². The van der Waals surface area contributed by atoms with E-state index in [1.54, 1.807) is 39.8 Å². The molecule has 1 atom stereocenters. The Morgan fingerprint density at radius 1 is 1.19 bits per heavy atom. The maximum atomic E-state index is 11.7. The zero-order chi connectivity index (χ0) is 16.0. The molecule has 5 nitrogen and oxygen atoms in total. The highest BCUT2D eigenvalue weighted by atomic mass is 16.6. The average molecular weight is 293 g/mol. The van der Waals surface area contributed by atoms with Crippen molar-refractivity contribution in [3.8, 4) is 5.75 Å². The van der Waals surface area contributed by atoms with Gasteiger partial charge in [0.25, 0.3) is 5.91 Å². The Balaban J connectivity index is 2.39. The molecule has 0 aliphatic heterocycles. The molecule has 21 heavy (non-hydrogen) atoms. The van der Waals surface area contributed by atoms with Gasteiger partial charge in [-0.15, -0.1) is 0 Å². The van der Waals surface area contributed by atoms with E-state index < -0.39 is 17.6 Å². The van der Waals surface area contributed by atoms with Crippen molar-refractivity contribution in [3.05, 3.63) is 29.8 Å². The molecule has 0 saturated heterocycles. The lowest BCUT2D eigenvalue weighted by molar-refractivity contribution is -0.158. The minimum Gasteiger partial charge on any atom is -0.484 e.